The summed E-state index contributed by atoms with van der Waals surface area (Å²) >= 11 is 1.69. The predicted octanol–water partition coefficient (Wildman–Crippen LogP) is 5.28. The molecule has 9 heteroatoms. The number of rotatable bonds is 4. The molecule has 1 N–H and O–H groups in total. The summed E-state index contributed by atoms with van der Waals surface area (Å²) in [6, 6.07) is 14.3. The average molecular weight is 500 g/mol. The molecule has 1 saturated heterocycles. The fraction of sp³-hybridized carbons (Fsp3) is 0.333. The van der Waals surface area contributed by atoms with Crippen LogP contribution >= 0.6 is 11.3 Å². The Labute approximate surface area is 213 Å². The minimum absolute atomic E-state index is 0.0340. The summed E-state index contributed by atoms with van der Waals surface area (Å²) in [6.07, 6.45) is 2.66. The number of nitrogens with zero attached hydrogens (tertiary/aromatic N) is 6. The van der Waals surface area contributed by atoms with Crippen molar-refractivity contribution in [3.8, 4) is 10.6 Å². The number of aromatic nitrogens is 5. The summed E-state index contributed by atoms with van der Waals surface area (Å²) in [4.78, 5) is 33.6. The van der Waals surface area contributed by atoms with Crippen LogP contribution in [0.25, 0.3) is 32.6 Å². The predicted molar refractivity (Wildman–Crippen MR) is 145 cm³/mol. The molecule has 184 valence electrons. The van der Waals surface area contributed by atoms with Gasteiger partial charge in [0, 0.05) is 37.1 Å². The normalized spacial score (nSPS) is 14.8. The molecule has 8 nitrogen and oxygen atoms in total. The van der Waals surface area contributed by atoms with Crippen molar-refractivity contribution in [1.82, 2.24) is 29.6 Å². The van der Waals surface area contributed by atoms with E-state index < -0.39 is 0 Å². The topological polar surface area (TPSA) is 82.9 Å². The van der Waals surface area contributed by atoms with Gasteiger partial charge >= 0.3 is 0 Å². The maximum atomic E-state index is 13.9. The number of aromatic amines is 1. The lowest BCUT2D eigenvalue weighted by atomic mass is 10.1. The van der Waals surface area contributed by atoms with E-state index in [1.807, 2.05) is 39.9 Å². The van der Waals surface area contributed by atoms with Gasteiger partial charge in [-0.2, -0.15) is 5.10 Å². The second-order valence-electron chi connectivity index (χ2n) is 9.60. The summed E-state index contributed by atoms with van der Waals surface area (Å²) in [7, 11) is 0. The molecule has 0 saturated carbocycles. The molecule has 0 unspecified atom stereocenters. The van der Waals surface area contributed by atoms with Gasteiger partial charge in [0.1, 0.15) is 0 Å². The monoisotopic (exact) mass is 499 g/mol. The Morgan fingerprint density at radius 2 is 1.92 bits per heavy atom. The quantitative estimate of drug-likeness (QED) is 0.364. The minimum atomic E-state index is 0.0340. The van der Waals surface area contributed by atoms with E-state index in [0.29, 0.717) is 18.7 Å². The fourth-order valence-electron chi connectivity index (χ4n) is 4.86. The van der Waals surface area contributed by atoms with Crippen LogP contribution in [0.5, 0.6) is 0 Å². The number of imidazole rings is 1. The molecule has 1 aliphatic heterocycles. The van der Waals surface area contributed by atoms with Gasteiger partial charge < -0.3 is 14.8 Å². The number of H-pyrrole nitrogens is 1. The Hall–Kier alpha value is -3.72. The van der Waals surface area contributed by atoms with Crippen molar-refractivity contribution >= 4 is 45.3 Å². The highest BCUT2D eigenvalue weighted by molar-refractivity contribution is 7.15. The van der Waals surface area contributed by atoms with Crippen LogP contribution in [0.3, 0.4) is 0 Å². The first-order valence-electron chi connectivity index (χ1n) is 12.4. The Morgan fingerprint density at radius 1 is 1.06 bits per heavy atom. The SMILES string of the molecule is Cc1ccc(-c2cc(C(=O)N3CCCN(c4nc5ccccc5[nH]4)CC3)c3cnn(C(C)C)c3n2)s1. The number of fused-ring (bicyclic) bond motifs is 2. The van der Waals surface area contributed by atoms with Gasteiger partial charge in [-0.3, -0.25) is 4.79 Å². The third kappa shape index (κ3) is 4.03. The number of carbonyl (C=O) groups excluding carboxylic acids is 1. The lowest BCUT2D eigenvalue weighted by Gasteiger charge is -2.22. The minimum Gasteiger partial charge on any atom is -0.341 e. The number of hydrogen-bond acceptors (Lipinski definition) is 6. The highest BCUT2D eigenvalue weighted by atomic mass is 32.1. The van der Waals surface area contributed by atoms with E-state index in [0.717, 1.165) is 58.1 Å². The number of anilines is 1. The van der Waals surface area contributed by atoms with Crippen molar-refractivity contribution in [1.29, 1.82) is 0 Å². The summed E-state index contributed by atoms with van der Waals surface area (Å²) in [6.45, 7) is 9.15. The van der Waals surface area contributed by atoms with Crippen molar-refractivity contribution in [3.63, 3.8) is 0 Å². The van der Waals surface area contributed by atoms with Gasteiger partial charge in [0.2, 0.25) is 5.95 Å². The lowest BCUT2D eigenvalue weighted by Crippen LogP contribution is -2.35. The molecule has 0 spiro atoms. The number of para-hydroxylation sites is 2. The van der Waals surface area contributed by atoms with Gasteiger partial charge in [-0.25, -0.2) is 14.6 Å². The molecule has 0 atom stereocenters. The highest BCUT2D eigenvalue weighted by Crippen LogP contribution is 2.31. The van der Waals surface area contributed by atoms with Crippen molar-refractivity contribution in [3.05, 3.63) is 59.1 Å². The van der Waals surface area contributed by atoms with E-state index in [4.69, 9.17) is 9.97 Å². The molecule has 5 heterocycles. The summed E-state index contributed by atoms with van der Waals surface area (Å²) < 4.78 is 1.90. The van der Waals surface area contributed by atoms with Gasteiger partial charge in [-0.05, 0) is 57.5 Å². The number of aryl methyl sites for hydroxylation is 1. The fourth-order valence-corrected chi connectivity index (χ4v) is 5.69. The van der Waals surface area contributed by atoms with Gasteiger partial charge in [-0.1, -0.05) is 12.1 Å². The number of nitrogens with one attached hydrogen (secondary N) is 1. The maximum absolute atomic E-state index is 13.9. The zero-order valence-electron chi connectivity index (χ0n) is 20.7. The first-order chi connectivity index (χ1) is 17.5. The number of thiophene rings is 1. The molecule has 1 aromatic carbocycles. The number of benzene rings is 1. The van der Waals surface area contributed by atoms with Gasteiger partial charge in [0.15, 0.2) is 5.65 Å². The average Bonchev–Trinajstić information content (AvgIpc) is 3.57. The largest absolute Gasteiger partial charge is 0.341 e. The Bertz CT molecular complexity index is 1530. The van der Waals surface area contributed by atoms with Crippen LogP contribution in [-0.2, 0) is 0 Å². The second-order valence-corrected chi connectivity index (χ2v) is 10.9. The molecule has 5 aromatic rings. The molecule has 6 rings (SSSR count). The van der Waals surface area contributed by atoms with E-state index in [-0.39, 0.29) is 11.9 Å². The third-order valence-corrected chi connectivity index (χ3v) is 7.76. The third-order valence-electron chi connectivity index (χ3n) is 6.74. The van der Waals surface area contributed by atoms with Crippen LogP contribution in [0.15, 0.2) is 48.7 Å². The van der Waals surface area contributed by atoms with E-state index in [1.165, 1.54) is 4.88 Å². The molecular formula is C27H29N7OS. The lowest BCUT2D eigenvalue weighted by molar-refractivity contribution is 0.0769. The summed E-state index contributed by atoms with van der Waals surface area (Å²) in [5.74, 6) is 0.900. The zero-order valence-corrected chi connectivity index (χ0v) is 21.5. The standard InChI is InChI=1S/C27H29N7OS/c1-17(2)34-25-20(16-28-34)19(15-23(29-25)24-10-9-18(3)36-24)26(35)32-11-6-12-33(14-13-32)27-30-21-7-4-5-8-22(21)31-27/h4-5,7-10,15-17H,6,11-14H2,1-3H3,(H,30,31). The Morgan fingerprint density at radius 3 is 2.69 bits per heavy atom. The van der Waals surface area contributed by atoms with Crippen LogP contribution in [0.4, 0.5) is 5.95 Å². The van der Waals surface area contributed by atoms with E-state index >= 15 is 0 Å². The molecule has 1 fully saturated rings. The van der Waals surface area contributed by atoms with Crippen molar-refractivity contribution < 1.29 is 4.79 Å². The Balaban J connectivity index is 1.32. The molecule has 1 aliphatic rings. The summed E-state index contributed by atoms with van der Waals surface area (Å²) in [5.41, 5.74) is 4.25. The number of pyridine rings is 1. The molecule has 4 aromatic heterocycles. The zero-order chi connectivity index (χ0) is 24.8. The number of amides is 1. The summed E-state index contributed by atoms with van der Waals surface area (Å²) in [5, 5.41) is 5.39. The van der Waals surface area contributed by atoms with Gasteiger partial charge in [-0.15, -0.1) is 11.3 Å². The van der Waals surface area contributed by atoms with Crippen LogP contribution in [0, 0.1) is 6.92 Å². The first kappa shape index (κ1) is 22.7. The maximum Gasteiger partial charge on any atom is 0.254 e. The van der Waals surface area contributed by atoms with Gasteiger partial charge in [0.05, 0.1) is 38.8 Å². The van der Waals surface area contributed by atoms with Crippen molar-refractivity contribution in [2.75, 3.05) is 31.1 Å². The Kier molecular flexibility index (Phi) is 5.72. The number of hydrogen-bond donors (Lipinski definition) is 1. The van der Waals surface area contributed by atoms with Crippen LogP contribution in [-0.4, -0.2) is 61.7 Å². The van der Waals surface area contributed by atoms with E-state index in [1.54, 1.807) is 17.5 Å². The van der Waals surface area contributed by atoms with E-state index in [9.17, 15) is 4.79 Å². The van der Waals surface area contributed by atoms with E-state index in [2.05, 4.69) is 47.9 Å². The van der Waals surface area contributed by atoms with Crippen molar-refractivity contribution in [2.24, 2.45) is 0 Å². The first-order valence-corrected chi connectivity index (χ1v) is 13.2. The van der Waals surface area contributed by atoms with Crippen LogP contribution in [0.2, 0.25) is 0 Å². The van der Waals surface area contributed by atoms with Crippen LogP contribution < -0.4 is 4.90 Å². The smallest absolute Gasteiger partial charge is 0.254 e. The molecule has 0 radical (unpaired) electrons. The molecule has 0 bridgehead atoms. The number of carbonyl (C=O) groups is 1. The van der Waals surface area contributed by atoms with Crippen LogP contribution in [0.1, 0.15) is 41.5 Å². The van der Waals surface area contributed by atoms with Crippen molar-refractivity contribution in [2.45, 2.75) is 33.2 Å². The molecule has 0 aliphatic carbocycles. The highest BCUT2D eigenvalue weighted by Gasteiger charge is 2.26. The second kappa shape index (κ2) is 9.05. The molecule has 36 heavy (non-hydrogen) atoms. The van der Waals surface area contributed by atoms with Gasteiger partial charge in [0.25, 0.3) is 5.91 Å². The molecular weight excluding hydrogens is 470 g/mol. The molecule has 1 amide bonds.